The largest absolute Gasteiger partial charge is 0.416 e. The Labute approximate surface area is 164 Å². The van der Waals surface area contributed by atoms with E-state index in [0.29, 0.717) is 12.1 Å². The zero-order valence-corrected chi connectivity index (χ0v) is 15.7. The number of fused-ring (bicyclic) bond motifs is 1. The van der Waals surface area contributed by atoms with Crippen molar-refractivity contribution in [1.82, 2.24) is 4.98 Å². The number of halogens is 3. The van der Waals surface area contributed by atoms with Crippen LogP contribution in [-0.4, -0.2) is 23.5 Å². The molecule has 0 unspecified atom stereocenters. The van der Waals surface area contributed by atoms with Crippen molar-refractivity contribution in [2.24, 2.45) is 0 Å². The van der Waals surface area contributed by atoms with Crippen molar-refractivity contribution in [3.8, 4) is 11.8 Å². The second-order valence-electron chi connectivity index (χ2n) is 5.56. The Bertz CT molecular complexity index is 1160. The fraction of sp³-hybridized carbons (Fsp3) is 0.176. The van der Waals surface area contributed by atoms with Crippen molar-refractivity contribution in [3.05, 3.63) is 60.6 Å². The summed E-state index contributed by atoms with van der Waals surface area (Å²) in [6.45, 7) is 0.181. The Hall–Kier alpha value is -2.97. The number of nitro groups is 1. The zero-order valence-electron chi connectivity index (χ0n) is 14.1. The van der Waals surface area contributed by atoms with E-state index in [0.717, 1.165) is 16.2 Å². The monoisotopic (exact) mass is 425 g/mol. The maximum absolute atomic E-state index is 13.0. The van der Waals surface area contributed by atoms with Gasteiger partial charge in [0, 0.05) is 13.1 Å². The van der Waals surface area contributed by atoms with Crippen LogP contribution < -0.4 is 10.5 Å². The third-order valence-electron chi connectivity index (χ3n) is 3.59. The van der Waals surface area contributed by atoms with Gasteiger partial charge in [0.15, 0.2) is 5.13 Å². The molecule has 0 atom stereocenters. The number of alkyl halides is 3. The lowest BCUT2D eigenvalue weighted by Gasteiger charge is -2.14. The van der Waals surface area contributed by atoms with Crippen LogP contribution in [0.5, 0.6) is 0 Å². The molecule has 0 saturated carbocycles. The van der Waals surface area contributed by atoms with Crippen LogP contribution in [0, 0.1) is 22.0 Å². The van der Waals surface area contributed by atoms with Crippen molar-refractivity contribution in [2.45, 2.75) is 6.18 Å². The van der Waals surface area contributed by atoms with E-state index in [4.69, 9.17) is 0 Å². The number of benzene rings is 1. The predicted molar refractivity (Wildman–Crippen MR) is 102 cm³/mol. The lowest BCUT2D eigenvalue weighted by atomic mass is 10.1. The number of nitro benzene ring substituents is 1. The van der Waals surface area contributed by atoms with E-state index in [1.807, 2.05) is 17.5 Å². The molecule has 6 nitrogen and oxygen atoms in total. The maximum atomic E-state index is 13.0. The van der Waals surface area contributed by atoms with Crippen molar-refractivity contribution in [3.63, 3.8) is 0 Å². The summed E-state index contributed by atoms with van der Waals surface area (Å²) >= 11 is 2.23. The maximum Gasteiger partial charge on any atom is 0.416 e. The Balaban J connectivity index is 2.05. The van der Waals surface area contributed by atoms with E-state index in [-0.39, 0.29) is 16.4 Å². The molecule has 0 aliphatic carbocycles. The molecule has 28 heavy (non-hydrogen) atoms. The van der Waals surface area contributed by atoms with Crippen molar-refractivity contribution >= 4 is 43.6 Å². The van der Waals surface area contributed by atoms with Gasteiger partial charge in [-0.1, -0.05) is 29.2 Å². The summed E-state index contributed by atoms with van der Waals surface area (Å²) in [5.74, 6) is 5.81. The SMILES string of the molecule is CN(CC#Cc1cccs1)c1nc(=O)c2cc(C(F)(F)F)cc([N+](=O)[O-])c2s1. The lowest BCUT2D eigenvalue weighted by molar-refractivity contribution is -0.383. The average Bonchev–Trinajstić information content (AvgIpc) is 3.13. The molecule has 0 fully saturated rings. The molecule has 0 bridgehead atoms. The van der Waals surface area contributed by atoms with Crippen molar-refractivity contribution in [2.75, 3.05) is 18.5 Å². The van der Waals surface area contributed by atoms with E-state index in [1.165, 1.54) is 16.2 Å². The summed E-state index contributed by atoms with van der Waals surface area (Å²) in [7, 11) is 1.59. The third-order valence-corrected chi connectivity index (χ3v) is 5.59. The van der Waals surface area contributed by atoms with Gasteiger partial charge in [-0.3, -0.25) is 14.9 Å². The van der Waals surface area contributed by atoms with Gasteiger partial charge in [0.1, 0.15) is 4.70 Å². The number of thiophene rings is 1. The van der Waals surface area contributed by atoms with E-state index < -0.39 is 33.3 Å². The first-order chi connectivity index (χ1) is 13.2. The molecule has 0 N–H and O–H groups in total. The minimum atomic E-state index is -4.82. The highest BCUT2D eigenvalue weighted by Gasteiger charge is 2.34. The van der Waals surface area contributed by atoms with Crippen LogP contribution in [0.1, 0.15) is 10.4 Å². The highest BCUT2D eigenvalue weighted by atomic mass is 32.1. The van der Waals surface area contributed by atoms with Crippen LogP contribution in [0.15, 0.2) is 34.4 Å². The molecular formula is C17H10F3N3O3S2. The molecule has 3 rings (SSSR count). The van der Waals surface area contributed by atoms with Crippen LogP contribution in [-0.2, 0) is 6.18 Å². The van der Waals surface area contributed by atoms with E-state index in [1.54, 1.807) is 7.05 Å². The fourth-order valence-corrected chi connectivity index (χ4v) is 3.88. The second kappa shape index (κ2) is 7.57. The Morgan fingerprint density at radius 1 is 1.36 bits per heavy atom. The first-order valence-electron chi connectivity index (χ1n) is 7.61. The van der Waals surface area contributed by atoms with Gasteiger partial charge in [-0.15, -0.1) is 11.3 Å². The zero-order chi connectivity index (χ0) is 20.5. The molecule has 2 heterocycles. The van der Waals surface area contributed by atoms with Crippen molar-refractivity contribution < 1.29 is 18.1 Å². The molecule has 0 amide bonds. The fourth-order valence-electron chi connectivity index (χ4n) is 2.27. The predicted octanol–water partition coefficient (Wildman–Crippen LogP) is 4.13. The molecular weight excluding hydrogens is 415 g/mol. The van der Waals surface area contributed by atoms with Crippen molar-refractivity contribution in [1.29, 1.82) is 0 Å². The van der Waals surface area contributed by atoms with Gasteiger partial charge in [-0.05, 0) is 17.5 Å². The molecule has 0 saturated heterocycles. The summed E-state index contributed by atoms with van der Waals surface area (Å²) in [5, 5.41) is 12.8. The number of hydrogen-bond acceptors (Lipinski definition) is 7. The number of anilines is 1. The van der Waals surface area contributed by atoms with E-state index in [2.05, 4.69) is 16.8 Å². The number of rotatable bonds is 3. The Morgan fingerprint density at radius 3 is 2.71 bits per heavy atom. The summed E-state index contributed by atoms with van der Waals surface area (Å²) in [5.41, 5.74) is -3.01. The van der Waals surface area contributed by atoms with Gasteiger partial charge >= 0.3 is 6.18 Å². The minimum absolute atomic E-state index is 0.126. The van der Waals surface area contributed by atoms with Crippen LogP contribution in [0.3, 0.4) is 0 Å². The standard InChI is InChI=1S/C17H10F3N3O3S2/c1-22(6-2-4-11-5-3-7-27-11)16-21-15(24)12-8-10(17(18,19)20)9-13(23(25)26)14(12)28-16/h3,5,7-9H,6H2,1H3. The van der Waals surface area contributed by atoms with Crippen LogP contribution in [0.25, 0.3) is 10.1 Å². The Kier molecular flexibility index (Phi) is 5.35. The first-order valence-corrected chi connectivity index (χ1v) is 9.30. The second-order valence-corrected chi connectivity index (χ2v) is 7.49. The van der Waals surface area contributed by atoms with Crippen LogP contribution >= 0.6 is 22.7 Å². The molecule has 144 valence electrons. The van der Waals surface area contributed by atoms with Gasteiger partial charge in [0.25, 0.3) is 11.2 Å². The highest BCUT2D eigenvalue weighted by molar-refractivity contribution is 7.22. The number of hydrogen-bond donors (Lipinski definition) is 0. The molecule has 0 spiro atoms. The third kappa shape index (κ3) is 4.13. The lowest BCUT2D eigenvalue weighted by Crippen LogP contribution is -2.21. The summed E-state index contributed by atoms with van der Waals surface area (Å²) in [4.78, 5) is 28.7. The van der Waals surface area contributed by atoms with Gasteiger partial charge in [-0.2, -0.15) is 18.2 Å². The Morgan fingerprint density at radius 2 is 2.11 bits per heavy atom. The average molecular weight is 425 g/mol. The first kappa shape index (κ1) is 19.8. The van der Waals surface area contributed by atoms with E-state index >= 15 is 0 Å². The number of aromatic nitrogens is 1. The number of non-ortho nitro benzene ring substituents is 1. The molecule has 2 aromatic heterocycles. The minimum Gasteiger partial charge on any atom is -0.340 e. The van der Waals surface area contributed by atoms with Gasteiger partial charge in [0.2, 0.25) is 0 Å². The van der Waals surface area contributed by atoms with Crippen LogP contribution in [0.4, 0.5) is 24.0 Å². The molecule has 3 aromatic rings. The smallest absolute Gasteiger partial charge is 0.340 e. The molecule has 0 aliphatic heterocycles. The summed E-state index contributed by atoms with van der Waals surface area (Å²) in [6, 6.07) is 4.71. The van der Waals surface area contributed by atoms with Gasteiger partial charge < -0.3 is 4.90 Å². The molecule has 1 aromatic carbocycles. The van der Waals surface area contributed by atoms with Crippen LogP contribution in [0.2, 0.25) is 0 Å². The summed E-state index contributed by atoms with van der Waals surface area (Å²) in [6.07, 6.45) is -4.82. The quantitative estimate of drug-likeness (QED) is 0.358. The van der Waals surface area contributed by atoms with Gasteiger partial charge in [0.05, 0.1) is 27.3 Å². The highest BCUT2D eigenvalue weighted by Crippen LogP contribution is 2.38. The van der Waals surface area contributed by atoms with Gasteiger partial charge in [-0.25, -0.2) is 0 Å². The molecule has 0 radical (unpaired) electrons. The topological polar surface area (TPSA) is 76.3 Å². The molecule has 11 heteroatoms. The molecule has 0 aliphatic rings. The summed E-state index contributed by atoms with van der Waals surface area (Å²) < 4.78 is 38.8. The number of nitrogens with zero attached hydrogens (tertiary/aromatic N) is 3. The normalized spacial score (nSPS) is 11.1. The van der Waals surface area contributed by atoms with E-state index in [9.17, 15) is 28.1 Å².